The molecule has 0 fully saturated rings. The maximum atomic E-state index is 12.8. The third-order valence-corrected chi connectivity index (χ3v) is 8.15. The zero-order chi connectivity index (χ0) is 31.8. The zero-order valence-electron chi connectivity index (χ0n) is 24.4. The molecular weight excluding hydrogens is 595 g/mol. The molecule has 0 saturated carbocycles. The molecule has 230 valence electrons. The molecule has 2 heterocycles. The van der Waals surface area contributed by atoms with Crippen molar-refractivity contribution in [2.45, 2.75) is 51.5 Å². The van der Waals surface area contributed by atoms with Crippen LogP contribution in [-0.2, 0) is 22.9 Å². The lowest BCUT2D eigenvalue weighted by atomic mass is 9.97. The number of benzene rings is 3. The van der Waals surface area contributed by atoms with Gasteiger partial charge in [0, 0.05) is 30.0 Å². The minimum absolute atomic E-state index is 0.0257. The quantitative estimate of drug-likeness (QED) is 0.184. The topological polar surface area (TPSA) is 107 Å². The van der Waals surface area contributed by atoms with Gasteiger partial charge in [-0.1, -0.05) is 25.1 Å². The summed E-state index contributed by atoms with van der Waals surface area (Å²) in [4.78, 5) is 9.39. The Bertz CT molecular complexity index is 1930. The second kappa shape index (κ2) is 11.9. The average molecular weight is 626 g/mol. The van der Waals surface area contributed by atoms with Crippen LogP contribution in [-0.4, -0.2) is 40.7 Å². The van der Waals surface area contributed by atoms with Crippen molar-refractivity contribution in [3.63, 3.8) is 0 Å². The number of aryl methyl sites for hydroxylation is 3. The summed E-state index contributed by atoms with van der Waals surface area (Å²) < 4.78 is 75.5. The monoisotopic (exact) mass is 625 g/mol. The first-order valence-electron chi connectivity index (χ1n) is 13.7. The Balaban J connectivity index is 1.73. The van der Waals surface area contributed by atoms with Gasteiger partial charge in [0.2, 0.25) is 0 Å². The van der Waals surface area contributed by atoms with E-state index in [1.807, 2.05) is 49.7 Å². The molecule has 0 radical (unpaired) electrons. The highest BCUT2D eigenvalue weighted by Gasteiger charge is 2.31. The molecule has 0 aliphatic rings. The van der Waals surface area contributed by atoms with Crippen LogP contribution in [0.4, 0.5) is 13.2 Å². The minimum Gasteiger partial charge on any atom is -0.440 e. The van der Waals surface area contributed by atoms with Gasteiger partial charge in [-0.05, 0) is 79.4 Å². The second-order valence-electron chi connectivity index (χ2n) is 10.4. The first kappa shape index (κ1) is 31.0. The van der Waals surface area contributed by atoms with Gasteiger partial charge in [0.15, 0.2) is 21.5 Å². The minimum atomic E-state index is -4.82. The van der Waals surface area contributed by atoms with Gasteiger partial charge in [0.25, 0.3) is 0 Å². The highest BCUT2D eigenvalue weighted by atomic mass is 32.2. The summed E-state index contributed by atoms with van der Waals surface area (Å²) >= 11 is 0. The molecule has 1 N–H and O–H groups in total. The molecule has 2 aromatic heterocycles. The molecule has 5 rings (SSSR count). The fourth-order valence-electron chi connectivity index (χ4n) is 5.06. The predicted molar refractivity (Wildman–Crippen MR) is 159 cm³/mol. The molecule has 0 bridgehead atoms. The number of alkyl halides is 3. The Kier molecular flexibility index (Phi) is 8.41. The molecule has 0 amide bonds. The molecule has 0 aliphatic heterocycles. The van der Waals surface area contributed by atoms with Gasteiger partial charge >= 0.3 is 6.36 Å². The van der Waals surface area contributed by atoms with Gasteiger partial charge in [-0.15, -0.1) is 13.2 Å². The van der Waals surface area contributed by atoms with Crippen LogP contribution in [0.1, 0.15) is 36.3 Å². The first-order valence-corrected chi connectivity index (χ1v) is 15.6. The highest BCUT2D eigenvalue weighted by molar-refractivity contribution is 7.90. The van der Waals surface area contributed by atoms with E-state index in [0.29, 0.717) is 51.6 Å². The summed E-state index contributed by atoms with van der Waals surface area (Å²) in [7, 11) is -3.63. The van der Waals surface area contributed by atoms with E-state index in [2.05, 4.69) is 9.72 Å². The van der Waals surface area contributed by atoms with Crippen LogP contribution in [0.25, 0.3) is 39.4 Å². The standard InChI is InChI=1S/C32H30F3N3O5S/c1-5-6-29-37-30(31(42-29)21-9-12-25(13-10-21)43-32(33,34)35)26-15-22(11-14-27(26)38-17-19(2)36-20(38)3)23-7-8-24(18-39)28(16-23)44(4,40)41/h7-17,39H,5-6,18H2,1-4H3. The van der Waals surface area contributed by atoms with E-state index in [1.54, 1.807) is 12.1 Å². The number of aliphatic hydroxyl groups is 1. The third kappa shape index (κ3) is 6.56. The molecule has 3 aromatic carbocycles. The summed E-state index contributed by atoms with van der Waals surface area (Å²) in [6.45, 7) is 5.29. The van der Waals surface area contributed by atoms with Gasteiger partial charge in [-0.3, -0.25) is 0 Å². The molecule has 0 atom stereocenters. The van der Waals surface area contributed by atoms with Gasteiger partial charge in [-0.25, -0.2) is 18.4 Å². The number of aromatic nitrogens is 3. The zero-order valence-corrected chi connectivity index (χ0v) is 25.3. The Morgan fingerprint density at radius 2 is 1.61 bits per heavy atom. The second-order valence-corrected chi connectivity index (χ2v) is 12.4. The number of halogens is 3. The number of ether oxygens (including phenoxy) is 1. The molecule has 8 nitrogen and oxygen atoms in total. The fraction of sp³-hybridized carbons (Fsp3) is 0.250. The number of sulfone groups is 1. The SMILES string of the molecule is CCCc1nc(-c2cc(-c3ccc(CO)c(S(C)(=O)=O)c3)ccc2-n2cc(C)nc2C)c(-c2ccc(OC(F)(F)F)cc2)o1. The summed E-state index contributed by atoms with van der Waals surface area (Å²) in [6, 6.07) is 15.8. The summed E-state index contributed by atoms with van der Waals surface area (Å²) in [5.41, 5.74) is 4.65. The Hall–Kier alpha value is -4.42. The smallest absolute Gasteiger partial charge is 0.440 e. The van der Waals surface area contributed by atoms with Crippen molar-refractivity contribution >= 4 is 9.84 Å². The van der Waals surface area contributed by atoms with Crippen LogP contribution in [0.5, 0.6) is 5.75 Å². The van der Waals surface area contributed by atoms with Crippen LogP contribution < -0.4 is 4.74 Å². The molecule has 12 heteroatoms. The lowest BCUT2D eigenvalue weighted by molar-refractivity contribution is -0.274. The molecule has 5 aromatic rings. The number of nitrogens with zero attached hydrogens (tertiary/aromatic N) is 3. The van der Waals surface area contributed by atoms with Crippen molar-refractivity contribution in [2.75, 3.05) is 6.26 Å². The van der Waals surface area contributed by atoms with Crippen LogP contribution in [0.3, 0.4) is 0 Å². The molecule has 0 spiro atoms. The summed E-state index contributed by atoms with van der Waals surface area (Å²) in [5, 5.41) is 9.73. The number of imidazole rings is 1. The maximum absolute atomic E-state index is 12.8. The molecule has 0 aliphatic carbocycles. The third-order valence-electron chi connectivity index (χ3n) is 6.97. The van der Waals surface area contributed by atoms with Gasteiger partial charge < -0.3 is 18.8 Å². The number of aliphatic hydroxyl groups excluding tert-OH is 1. The van der Waals surface area contributed by atoms with Crippen LogP contribution in [0.2, 0.25) is 0 Å². The lowest BCUT2D eigenvalue weighted by Crippen LogP contribution is -2.16. The van der Waals surface area contributed by atoms with Gasteiger partial charge in [-0.2, -0.15) is 0 Å². The predicted octanol–water partition coefficient (Wildman–Crippen LogP) is 7.23. The molecule has 44 heavy (non-hydrogen) atoms. The number of rotatable bonds is 9. The summed E-state index contributed by atoms with van der Waals surface area (Å²) in [6.07, 6.45) is -0.583. The summed E-state index contributed by atoms with van der Waals surface area (Å²) in [5.74, 6) is 1.16. The normalized spacial score (nSPS) is 12.1. The Morgan fingerprint density at radius 3 is 2.20 bits per heavy atom. The number of oxazole rings is 1. The van der Waals surface area contributed by atoms with E-state index in [4.69, 9.17) is 9.40 Å². The average Bonchev–Trinajstić information content (AvgIpc) is 3.53. The largest absolute Gasteiger partial charge is 0.573 e. The molecule has 0 unspecified atom stereocenters. The molecule has 0 saturated heterocycles. The number of hydrogen-bond donors (Lipinski definition) is 1. The van der Waals surface area contributed by atoms with Crippen LogP contribution in [0, 0.1) is 13.8 Å². The van der Waals surface area contributed by atoms with Crippen LogP contribution >= 0.6 is 0 Å². The van der Waals surface area contributed by atoms with Crippen molar-refractivity contribution in [3.8, 4) is 45.1 Å². The van der Waals surface area contributed by atoms with Crippen molar-refractivity contribution in [1.29, 1.82) is 0 Å². The Morgan fingerprint density at radius 1 is 0.955 bits per heavy atom. The van der Waals surface area contributed by atoms with Crippen LogP contribution in [0.15, 0.2) is 76.2 Å². The van der Waals surface area contributed by atoms with Crippen molar-refractivity contribution in [2.24, 2.45) is 0 Å². The van der Waals surface area contributed by atoms with Gasteiger partial charge in [0.1, 0.15) is 17.3 Å². The van der Waals surface area contributed by atoms with E-state index in [1.165, 1.54) is 30.3 Å². The van der Waals surface area contributed by atoms with E-state index in [-0.39, 0.29) is 10.6 Å². The van der Waals surface area contributed by atoms with Crippen molar-refractivity contribution in [1.82, 2.24) is 14.5 Å². The molecular formula is C32H30F3N3O5S. The maximum Gasteiger partial charge on any atom is 0.573 e. The van der Waals surface area contributed by atoms with Gasteiger partial charge in [0.05, 0.1) is 22.9 Å². The lowest BCUT2D eigenvalue weighted by Gasteiger charge is -2.15. The first-order chi connectivity index (χ1) is 20.8. The van der Waals surface area contributed by atoms with E-state index in [9.17, 15) is 26.7 Å². The van der Waals surface area contributed by atoms with Crippen molar-refractivity contribution < 1.29 is 35.8 Å². The van der Waals surface area contributed by atoms with E-state index < -0.39 is 22.8 Å². The van der Waals surface area contributed by atoms with Crippen molar-refractivity contribution in [3.05, 3.63) is 89.8 Å². The Labute approximate surface area is 252 Å². The van der Waals surface area contributed by atoms with E-state index in [0.717, 1.165) is 29.9 Å². The van der Waals surface area contributed by atoms with E-state index >= 15 is 0 Å². The fourth-order valence-corrected chi connectivity index (χ4v) is 6.01. The number of hydrogen-bond acceptors (Lipinski definition) is 7. The highest BCUT2D eigenvalue weighted by Crippen LogP contribution is 2.40.